The number of carbonyl (C=O) groups excluding carboxylic acids is 1. The summed E-state index contributed by atoms with van der Waals surface area (Å²) in [5, 5.41) is 3.15. The monoisotopic (exact) mass is 271 g/mol. The minimum Gasteiger partial charge on any atom is -0.469 e. The molecule has 0 aliphatic rings. The average molecular weight is 271 g/mol. The van der Waals surface area contributed by atoms with Gasteiger partial charge in [-0.2, -0.15) is 0 Å². The molecule has 0 aromatic heterocycles. The van der Waals surface area contributed by atoms with Crippen molar-refractivity contribution in [3.8, 4) is 0 Å². The molecule has 0 amide bonds. The molecule has 1 unspecified atom stereocenters. The van der Waals surface area contributed by atoms with Crippen molar-refractivity contribution in [1.29, 1.82) is 0 Å². The molecule has 1 rings (SSSR count). The molecule has 0 aliphatic heterocycles. The van der Waals surface area contributed by atoms with Gasteiger partial charge in [0.05, 0.1) is 19.1 Å². The van der Waals surface area contributed by atoms with Crippen molar-refractivity contribution in [1.82, 2.24) is 5.32 Å². The quantitative estimate of drug-likeness (QED) is 0.808. The van der Waals surface area contributed by atoms with Gasteiger partial charge in [0.15, 0.2) is 0 Å². The Bertz CT molecular complexity index is 431. The van der Waals surface area contributed by atoms with Crippen LogP contribution < -0.4 is 5.32 Å². The minimum absolute atomic E-state index is 0.00634. The van der Waals surface area contributed by atoms with E-state index in [2.05, 4.69) is 10.1 Å². The van der Waals surface area contributed by atoms with Crippen LogP contribution in [0.25, 0.3) is 0 Å². The fourth-order valence-corrected chi connectivity index (χ4v) is 1.90. The lowest BCUT2D eigenvalue weighted by molar-refractivity contribution is -0.142. The molecule has 5 heteroatoms. The van der Waals surface area contributed by atoms with E-state index in [-0.39, 0.29) is 6.42 Å². The summed E-state index contributed by atoms with van der Waals surface area (Å²) in [6, 6.07) is 3.27. The molecule has 0 fully saturated rings. The van der Waals surface area contributed by atoms with Crippen LogP contribution in [0.4, 0.5) is 8.78 Å². The van der Waals surface area contributed by atoms with Crippen LogP contribution in [0.15, 0.2) is 18.2 Å². The van der Waals surface area contributed by atoms with E-state index in [0.717, 1.165) is 12.5 Å². The van der Waals surface area contributed by atoms with Crippen molar-refractivity contribution < 1.29 is 18.3 Å². The Morgan fingerprint density at radius 1 is 1.32 bits per heavy atom. The smallest absolute Gasteiger partial charge is 0.307 e. The Kier molecular flexibility index (Phi) is 5.42. The van der Waals surface area contributed by atoms with Gasteiger partial charge in [-0.3, -0.25) is 4.79 Å². The second kappa shape index (κ2) is 6.61. The zero-order valence-corrected chi connectivity index (χ0v) is 11.4. The molecular formula is C14H19F2NO2. The summed E-state index contributed by atoms with van der Waals surface area (Å²) >= 11 is 0. The van der Waals surface area contributed by atoms with Gasteiger partial charge in [0.2, 0.25) is 0 Å². The van der Waals surface area contributed by atoms with Crippen LogP contribution in [0.5, 0.6) is 0 Å². The Hall–Kier alpha value is -1.49. The van der Waals surface area contributed by atoms with Crippen molar-refractivity contribution in [2.24, 2.45) is 0 Å². The molecule has 3 nitrogen and oxygen atoms in total. The van der Waals surface area contributed by atoms with Crippen molar-refractivity contribution in [3.05, 3.63) is 35.4 Å². The summed E-state index contributed by atoms with van der Waals surface area (Å²) in [4.78, 5) is 11.5. The van der Waals surface area contributed by atoms with E-state index >= 15 is 0 Å². The predicted molar refractivity (Wildman–Crippen MR) is 68.6 cm³/mol. The SMILES string of the molecule is CCCNC(C)(CC(=O)OC)c1cc(F)cc(F)c1. The number of hydrogen-bond acceptors (Lipinski definition) is 3. The van der Waals surface area contributed by atoms with E-state index in [4.69, 9.17) is 0 Å². The first-order valence-electron chi connectivity index (χ1n) is 6.19. The van der Waals surface area contributed by atoms with Gasteiger partial charge in [-0.1, -0.05) is 6.92 Å². The van der Waals surface area contributed by atoms with Gasteiger partial charge in [-0.15, -0.1) is 0 Å². The lowest BCUT2D eigenvalue weighted by Gasteiger charge is -2.30. The number of carbonyl (C=O) groups is 1. The number of rotatable bonds is 6. The molecule has 0 bridgehead atoms. The fraction of sp³-hybridized carbons (Fsp3) is 0.500. The Morgan fingerprint density at radius 3 is 2.37 bits per heavy atom. The van der Waals surface area contributed by atoms with Gasteiger partial charge in [0.25, 0.3) is 0 Å². The largest absolute Gasteiger partial charge is 0.469 e. The van der Waals surface area contributed by atoms with Crippen molar-refractivity contribution in [2.45, 2.75) is 32.2 Å². The third kappa shape index (κ3) is 4.28. The number of ether oxygens (including phenoxy) is 1. The molecule has 19 heavy (non-hydrogen) atoms. The highest BCUT2D eigenvalue weighted by molar-refractivity contribution is 5.71. The topological polar surface area (TPSA) is 38.3 Å². The predicted octanol–water partition coefficient (Wildman–Crippen LogP) is 2.74. The standard InChI is InChI=1S/C14H19F2NO2/c1-4-5-17-14(2,9-13(18)19-3)10-6-11(15)8-12(16)7-10/h6-8,17H,4-5,9H2,1-3H3. The molecule has 1 aromatic carbocycles. The van der Waals surface area contributed by atoms with Crippen molar-refractivity contribution >= 4 is 5.97 Å². The zero-order chi connectivity index (χ0) is 14.5. The summed E-state index contributed by atoms with van der Waals surface area (Å²) < 4.78 is 31.3. The first kappa shape index (κ1) is 15.6. The third-order valence-corrected chi connectivity index (χ3v) is 2.99. The van der Waals surface area contributed by atoms with E-state index in [1.807, 2.05) is 6.92 Å². The van der Waals surface area contributed by atoms with Crippen LogP contribution in [0.3, 0.4) is 0 Å². The number of halogens is 2. The Labute approximate surface area is 112 Å². The van der Waals surface area contributed by atoms with E-state index in [9.17, 15) is 13.6 Å². The molecule has 106 valence electrons. The molecule has 0 aliphatic carbocycles. The number of esters is 1. The first-order valence-corrected chi connectivity index (χ1v) is 6.19. The van der Waals surface area contributed by atoms with Gasteiger partial charge in [0.1, 0.15) is 11.6 Å². The molecule has 1 aromatic rings. The van der Waals surface area contributed by atoms with Crippen LogP contribution >= 0.6 is 0 Å². The lowest BCUT2D eigenvalue weighted by atomic mass is 9.88. The number of nitrogens with one attached hydrogen (secondary N) is 1. The molecule has 0 heterocycles. The van der Waals surface area contributed by atoms with Gasteiger partial charge in [-0.05, 0) is 37.6 Å². The van der Waals surface area contributed by atoms with Gasteiger partial charge >= 0.3 is 5.97 Å². The molecule has 1 atom stereocenters. The molecule has 0 saturated carbocycles. The van der Waals surface area contributed by atoms with Crippen LogP contribution in [0, 0.1) is 11.6 Å². The second-order valence-corrected chi connectivity index (χ2v) is 4.67. The van der Waals surface area contributed by atoms with E-state index in [1.165, 1.54) is 19.2 Å². The number of hydrogen-bond donors (Lipinski definition) is 1. The van der Waals surface area contributed by atoms with Gasteiger partial charge < -0.3 is 10.1 Å². The van der Waals surface area contributed by atoms with Gasteiger partial charge in [0, 0.05) is 6.07 Å². The fourth-order valence-electron chi connectivity index (χ4n) is 1.90. The summed E-state index contributed by atoms with van der Waals surface area (Å²) in [6.45, 7) is 4.33. The van der Waals surface area contributed by atoms with Crippen LogP contribution in [0.2, 0.25) is 0 Å². The highest BCUT2D eigenvalue weighted by atomic mass is 19.1. The van der Waals surface area contributed by atoms with E-state index < -0.39 is 23.1 Å². The minimum atomic E-state index is -0.855. The van der Waals surface area contributed by atoms with Crippen molar-refractivity contribution in [2.75, 3.05) is 13.7 Å². The van der Waals surface area contributed by atoms with Gasteiger partial charge in [-0.25, -0.2) is 8.78 Å². The molecule has 0 saturated heterocycles. The highest BCUT2D eigenvalue weighted by Gasteiger charge is 2.30. The summed E-state index contributed by atoms with van der Waals surface area (Å²) in [7, 11) is 1.29. The summed E-state index contributed by atoms with van der Waals surface area (Å²) in [6.07, 6.45) is 0.848. The molecule has 0 radical (unpaired) electrons. The third-order valence-electron chi connectivity index (χ3n) is 2.99. The molecular weight excluding hydrogens is 252 g/mol. The maximum absolute atomic E-state index is 13.3. The summed E-state index contributed by atoms with van der Waals surface area (Å²) in [5.74, 6) is -1.76. The van der Waals surface area contributed by atoms with Crippen molar-refractivity contribution in [3.63, 3.8) is 0 Å². The first-order chi connectivity index (χ1) is 8.91. The molecule has 1 N–H and O–H groups in total. The zero-order valence-electron chi connectivity index (χ0n) is 11.4. The Balaban J connectivity index is 3.09. The number of benzene rings is 1. The Morgan fingerprint density at radius 2 is 1.89 bits per heavy atom. The maximum atomic E-state index is 13.3. The van der Waals surface area contributed by atoms with E-state index in [1.54, 1.807) is 6.92 Å². The van der Waals surface area contributed by atoms with Crippen LogP contribution in [-0.4, -0.2) is 19.6 Å². The second-order valence-electron chi connectivity index (χ2n) is 4.67. The van der Waals surface area contributed by atoms with Crippen LogP contribution in [-0.2, 0) is 15.1 Å². The van der Waals surface area contributed by atoms with Crippen LogP contribution in [0.1, 0.15) is 32.3 Å². The van der Waals surface area contributed by atoms with E-state index in [0.29, 0.717) is 12.1 Å². The normalized spacial score (nSPS) is 13.9. The molecule has 0 spiro atoms. The number of methoxy groups -OCH3 is 1. The lowest BCUT2D eigenvalue weighted by Crippen LogP contribution is -2.42. The highest BCUT2D eigenvalue weighted by Crippen LogP contribution is 2.26. The average Bonchev–Trinajstić information content (AvgIpc) is 2.35. The summed E-state index contributed by atoms with van der Waals surface area (Å²) in [5.41, 5.74) is -0.463. The maximum Gasteiger partial charge on any atom is 0.307 e.